The molecule has 0 aliphatic rings. The molecule has 0 fully saturated rings. The summed E-state index contributed by atoms with van der Waals surface area (Å²) in [4.78, 5) is 16.3. The fraction of sp³-hybridized carbons (Fsp3) is 0.0476. The van der Waals surface area contributed by atoms with Crippen molar-refractivity contribution in [2.45, 2.75) is 6.36 Å². The zero-order valence-electron chi connectivity index (χ0n) is 16.0. The number of carbonyl (C=O) groups excluding carboxylic acids is 1. The summed E-state index contributed by atoms with van der Waals surface area (Å²) >= 11 is 0. The average Bonchev–Trinajstić information content (AvgIpc) is 3.22. The second-order valence-corrected chi connectivity index (χ2v) is 6.26. The highest BCUT2D eigenvalue weighted by atomic mass is 19.4. The van der Waals surface area contributed by atoms with Gasteiger partial charge >= 0.3 is 12.4 Å². The van der Waals surface area contributed by atoms with Crippen molar-refractivity contribution in [2.75, 3.05) is 5.32 Å². The number of ether oxygens (including phenoxy) is 2. The van der Waals surface area contributed by atoms with Gasteiger partial charge in [0, 0.05) is 17.3 Å². The molecule has 2 aromatic heterocycles. The van der Waals surface area contributed by atoms with Crippen LogP contribution >= 0.6 is 0 Å². The maximum absolute atomic E-state index is 12.4. The van der Waals surface area contributed by atoms with Crippen molar-refractivity contribution in [1.29, 1.82) is 0 Å². The Labute approximate surface area is 178 Å². The van der Waals surface area contributed by atoms with Gasteiger partial charge < -0.3 is 13.9 Å². The van der Waals surface area contributed by atoms with Gasteiger partial charge in [-0.2, -0.15) is 0 Å². The number of rotatable bonds is 6. The Hall–Kier alpha value is -4.41. The Morgan fingerprint density at radius 2 is 1.72 bits per heavy atom. The lowest BCUT2D eigenvalue weighted by Gasteiger charge is -2.09. The van der Waals surface area contributed by atoms with Crippen molar-refractivity contribution in [1.82, 2.24) is 15.2 Å². The first kappa shape index (κ1) is 20.8. The van der Waals surface area contributed by atoms with Gasteiger partial charge in [0.15, 0.2) is 0 Å². The Bertz CT molecular complexity index is 1210. The van der Waals surface area contributed by atoms with Gasteiger partial charge in [0.25, 0.3) is 5.91 Å². The van der Waals surface area contributed by atoms with Gasteiger partial charge in [-0.3, -0.25) is 15.1 Å². The van der Waals surface area contributed by atoms with Gasteiger partial charge in [-0.1, -0.05) is 11.2 Å². The Balaban J connectivity index is 1.42. The molecule has 162 valence electrons. The van der Waals surface area contributed by atoms with Gasteiger partial charge in [0.2, 0.25) is 5.89 Å². The molecule has 0 radical (unpaired) electrons. The van der Waals surface area contributed by atoms with Crippen LogP contribution in [-0.4, -0.2) is 27.5 Å². The standard InChI is InChI=1S/C21H13F3N4O4/c22-21(23,24)32-16-4-1-3-14(11-16)18(29)26-20-28-27-19(31-20)13-6-8-15(9-7-13)30-17-5-2-10-25-12-17/h1-12H,(H,26,28,29). The summed E-state index contributed by atoms with van der Waals surface area (Å²) in [6.07, 6.45) is -1.66. The number of anilines is 1. The van der Waals surface area contributed by atoms with Crippen LogP contribution in [0.1, 0.15) is 10.4 Å². The Morgan fingerprint density at radius 3 is 2.44 bits per heavy atom. The van der Waals surface area contributed by atoms with Crippen LogP contribution in [0.15, 0.2) is 77.5 Å². The fourth-order valence-corrected chi connectivity index (χ4v) is 2.60. The average molecular weight is 442 g/mol. The van der Waals surface area contributed by atoms with E-state index in [1.807, 2.05) is 0 Å². The number of aromatic nitrogens is 3. The zero-order chi connectivity index (χ0) is 22.6. The molecule has 2 aromatic carbocycles. The number of carbonyl (C=O) groups is 1. The van der Waals surface area contributed by atoms with Gasteiger partial charge in [-0.25, -0.2) is 0 Å². The molecule has 0 aliphatic heterocycles. The van der Waals surface area contributed by atoms with Crippen molar-refractivity contribution in [3.05, 3.63) is 78.6 Å². The van der Waals surface area contributed by atoms with Crippen LogP contribution in [0.25, 0.3) is 11.5 Å². The van der Waals surface area contributed by atoms with Crippen molar-refractivity contribution in [3.63, 3.8) is 0 Å². The van der Waals surface area contributed by atoms with Crippen LogP contribution in [0.4, 0.5) is 19.2 Å². The van der Waals surface area contributed by atoms with E-state index < -0.39 is 18.0 Å². The van der Waals surface area contributed by atoms with E-state index in [2.05, 4.69) is 25.2 Å². The van der Waals surface area contributed by atoms with Gasteiger partial charge in [0.1, 0.15) is 17.2 Å². The third-order valence-electron chi connectivity index (χ3n) is 3.95. The molecule has 11 heteroatoms. The van der Waals surface area contributed by atoms with E-state index in [1.165, 1.54) is 12.1 Å². The summed E-state index contributed by atoms with van der Waals surface area (Å²) in [7, 11) is 0. The number of nitrogens with one attached hydrogen (secondary N) is 1. The number of alkyl halides is 3. The van der Waals surface area contributed by atoms with Crippen molar-refractivity contribution in [3.8, 4) is 28.7 Å². The molecule has 4 aromatic rings. The third-order valence-corrected chi connectivity index (χ3v) is 3.95. The predicted molar refractivity (Wildman–Crippen MR) is 105 cm³/mol. The summed E-state index contributed by atoms with van der Waals surface area (Å²) in [5, 5.41) is 9.92. The molecular weight excluding hydrogens is 429 g/mol. The minimum atomic E-state index is -4.87. The number of pyridine rings is 1. The molecule has 0 saturated carbocycles. The van der Waals surface area contributed by atoms with Gasteiger partial charge in [-0.05, 0) is 54.6 Å². The number of benzene rings is 2. The molecule has 2 heterocycles. The third kappa shape index (κ3) is 5.39. The van der Waals surface area contributed by atoms with Crippen LogP contribution in [0, 0.1) is 0 Å². The van der Waals surface area contributed by atoms with E-state index in [1.54, 1.807) is 48.8 Å². The maximum atomic E-state index is 12.4. The molecule has 8 nitrogen and oxygen atoms in total. The van der Waals surface area contributed by atoms with Crippen LogP contribution in [0.5, 0.6) is 17.2 Å². The number of hydrogen-bond donors (Lipinski definition) is 1. The molecule has 32 heavy (non-hydrogen) atoms. The van der Waals surface area contributed by atoms with E-state index in [-0.39, 0.29) is 17.5 Å². The second kappa shape index (κ2) is 8.76. The molecule has 0 saturated heterocycles. The van der Waals surface area contributed by atoms with Crippen LogP contribution < -0.4 is 14.8 Å². The minimum Gasteiger partial charge on any atom is -0.456 e. The van der Waals surface area contributed by atoms with Crippen LogP contribution in [0.2, 0.25) is 0 Å². The second-order valence-electron chi connectivity index (χ2n) is 6.26. The summed E-state index contributed by atoms with van der Waals surface area (Å²) in [5.74, 6) is 0.00359. The monoisotopic (exact) mass is 442 g/mol. The van der Waals surface area contributed by atoms with Crippen LogP contribution in [-0.2, 0) is 0 Å². The molecule has 0 spiro atoms. The van der Waals surface area contributed by atoms with Crippen molar-refractivity contribution < 1.29 is 31.9 Å². The van der Waals surface area contributed by atoms with Crippen molar-refractivity contribution in [2.24, 2.45) is 0 Å². The first-order valence-electron chi connectivity index (χ1n) is 9.05. The summed E-state index contributed by atoms with van der Waals surface area (Å²) < 4.78 is 51.9. The Morgan fingerprint density at radius 1 is 0.938 bits per heavy atom. The number of hydrogen-bond acceptors (Lipinski definition) is 7. The number of halogens is 3. The molecular formula is C21H13F3N4O4. The summed E-state index contributed by atoms with van der Waals surface area (Å²) in [5.41, 5.74) is 0.487. The number of amides is 1. The molecule has 1 N–H and O–H groups in total. The first-order valence-corrected chi connectivity index (χ1v) is 9.05. The quantitative estimate of drug-likeness (QED) is 0.445. The maximum Gasteiger partial charge on any atom is 0.573 e. The summed E-state index contributed by atoms with van der Waals surface area (Å²) in [6.45, 7) is 0. The van der Waals surface area contributed by atoms with Crippen molar-refractivity contribution >= 4 is 11.9 Å². The minimum absolute atomic E-state index is 0.0802. The highest BCUT2D eigenvalue weighted by Crippen LogP contribution is 2.26. The normalized spacial score (nSPS) is 11.1. The molecule has 0 aliphatic carbocycles. The van der Waals surface area contributed by atoms with Gasteiger partial charge in [-0.15, -0.1) is 18.3 Å². The first-order chi connectivity index (χ1) is 15.4. The van der Waals surface area contributed by atoms with Crippen LogP contribution in [0.3, 0.4) is 0 Å². The lowest BCUT2D eigenvalue weighted by molar-refractivity contribution is -0.274. The van der Waals surface area contributed by atoms with E-state index in [0.29, 0.717) is 17.1 Å². The van der Waals surface area contributed by atoms with Gasteiger partial charge in [0.05, 0.1) is 6.20 Å². The topological polar surface area (TPSA) is 99.4 Å². The van der Waals surface area contributed by atoms with E-state index in [4.69, 9.17) is 9.15 Å². The molecule has 0 atom stereocenters. The molecule has 0 unspecified atom stereocenters. The summed E-state index contributed by atoms with van der Waals surface area (Å²) in [6, 6.07) is 14.6. The SMILES string of the molecule is O=C(Nc1nnc(-c2ccc(Oc3cccnc3)cc2)o1)c1cccc(OC(F)(F)F)c1. The lowest BCUT2D eigenvalue weighted by Crippen LogP contribution is -2.18. The van der Waals surface area contributed by atoms with E-state index in [9.17, 15) is 18.0 Å². The fourth-order valence-electron chi connectivity index (χ4n) is 2.60. The Kier molecular flexibility index (Phi) is 5.71. The molecule has 4 rings (SSSR count). The van der Waals surface area contributed by atoms with E-state index in [0.717, 1.165) is 12.1 Å². The molecule has 1 amide bonds. The zero-order valence-corrected chi connectivity index (χ0v) is 16.0. The lowest BCUT2D eigenvalue weighted by atomic mass is 10.2. The van der Waals surface area contributed by atoms with E-state index >= 15 is 0 Å². The highest BCUT2D eigenvalue weighted by Gasteiger charge is 2.31. The predicted octanol–water partition coefficient (Wildman–Crippen LogP) is 5.07. The largest absolute Gasteiger partial charge is 0.573 e. The molecule has 0 bridgehead atoms. The highest BCUT2D eigenvalue weighted by molar-refractivity contribution is 6.03. The smallest absolute Gasteiger partial charge is 0.456 e. The number of nitrogens with zero attached hydrogens (tertiary/aromatic N) is 3.